The van der Waals surface area contributed by atoms with Crippen LogP contribution in [0.15, 0.2) is 54.6 Å². The molecule has 0 aromatic heterocycles. The van der Waals surface area contributed by atoms with Crippen LogP contribution in [0.1, 0.15) is 40.1 Å². The minimum absolute atomic E-state index is 0.167. The minimum atomic E-state index is -0.399. The minimum Gasteiger partial charge on any atom is -0.300 e. The van der Waals surface area contributed by atoms with E-state index in [-0.39, 0.29) is 11.7 Å². The molecule has 2 aromatic rings. The molecule has 128 valence electrons. The van der Waals surface area contributed by atoms with Gasteiger partial charge in [-0.3, -0.25) is 15.0 Å². The highest BCUT2D eigenvalue weighted by atomic mass is 35.5. The zero-order chi connectivity index (χ0) is 18.5. The molecule has 0 aliphatic heterocycles. The molecule has 1 amide bonds. The van der Waals surface area contributed by atoms with Gasteiger partial charge in [0, 0.05) is 11.1 Å². The van der Waals surface area contributed by atoms with Gasteiger partial charge in [-0.1, -0.05) is 42.0 Å². The molecule has 0 saturated heterocycles. The summed E-state index contributed by atoms with van der Waals surface area (Å²) in [5, 5.41) is -0.399. The number of rotatable bonds is 2. The molecule has 0 unspecified atom stereocenters. The molecule has 0 heterocycles. The first-order chi connectivity index (χ1) is 11.3. The van der Waals surface area contributed by atoms with Crippen molar-refractivity contribution in [2.45, 2.75) is 20.8 Å². The first-order valence-electron chi connectivity index (χ1n) is 7.07. The van der Waals surface area contributed by atoms with Crippen LogP contribution in [0.5, 0.6) is 0 Å². The van der Waals surface area contributed by atoms with E-state index in [0.717, 1.165) is 5.56 Å². The first kappa shape index (κ1) is 21.5. The quantitative estimate of drug-likeness (QED) is 0.377. The van der Waals surface area contributed by atoms with Crippen molar-refractivity contribution in [3.05, 3.63) is 71.3 Å². The lowest BCUT2D eigenvalue weighted by molar-refractivity contribution is -0.115. The summed E-state index contributed by atoms with van der Waals surface area (Å²) in [6, 6.07) is 16.0. The number of hydrazine groups is 1. The number of nitrogen functional groups attached to an aromatic ring is 1. The van der Waals surface area contributed by atoms with Gasteiger partial charge in [-0.05, 0) is 50.6 Å². The molecule has 0 aliphatic rings. The van der Waals surface area contributed by atoms with Crippen LogP contribution >= 0.6 is 11.6 Å². The van der Waals surface area contributed by atoms with Gasteiger partial charge in [0.25, 0.3) is 11.1 Å². The summed E-state index contributed by atoms with van der Waals surface area (Å²) in [6.07, 6.45) is 0. The zero-order valence-corrected chi connectivity index (χ0v) is 14.6. The van der Waals surface area contributed by atoms with Gasteiger partial charge in [0.1, 0.15) is 5.78 Å². The Morgan fingerprint density at radius 3 is 1.79 bits per heavy atom. The largest absolute Gasteiger partial charge is 0.300 e. The van der Waals surface area contributed by atoms with Crippen LogP contribution in [-0.2, 0) is 4.79 Å². The number of halogens is 1. The Balaban J connectivity index is 0.000000363. The number of ketones is 1. The Labute approximate surface area is 146 Å². The Bertz CT molecular complexity index is 669. The monoisotopic (exact) mass is 348 g/mol. The number of benzene rings is 2. The van der Waals surface area contributed by atoms with Crippen molar-refractivity contribution in [3.63, 3.8) is 0 Å². The second-order valence-electron chi connectivity index (χ2n) is 4.89. The first-order valence-corrected chi connectivity index (χ1v) is 7.45. The van der Waals surface area contributed by atoms with Gasteiger partial charge in [-0.2, -0.15) is 0 Å². The lowest BCUT2D eigenvalue weighted by atomic mass is 10.2. The Morgan fingerprint density at radius 2 is 1.42 bits per heavy atom. The molecule has 0 saturated carbocycles. The van der Waals surface area contributed by atoms with Crippen molar-refractivity contribution < 1.29 is 14.4 Å². The van der Waals surface area contributed by atoms with Crippen molar-refractivity contribution >= 4 is 28.5 Å². The fourth-order valence-electron chi connectivity index (χ4n) is 1.44. The Kier molecular flexibility index (Phi) is 10.7. The topological polar surface area (TPSA) is 89.3 Å². The highest BCUT2D eigenvalue weighted by molar-refractivity contribution is 6.67. The van der Waals surface area contributed by atoms with E-state index >= 15 is 0 Å². The molecule has 0 spiro atoms. The van der Waals surface area contributed by atoms with Crippen molar-refractivity contribution in [2.75, 3.05) is 0 Å². The molecule has 0 radical (unpaired) electrons. The average molecular weight is 349 g/mol. The highest BCUT2D eigenvalue weighted by Crippen LogP contribution is 2.06. The smallest absolute Gasteiger partial charge is 0.265 e. The lowest BCUT2D eigenvalue weighted by Gasteiger charge is -1.95. The molecule has 3 N–H and O–H groups in total. The van der Waals surface area contributed by atoms with Crippen LogP contribution in [0.3, 0.4) is 0 Å². The van der Waals surface area contributed by atoms with E-state index in [1.807, 2.05) is 30.5 Å². The second-order valence-corrected chi connectivity index (χ2v) is 5.23. The summed E-state index contributed by atoms with van der Waals surface area (Å²) in [5.41, 5.74) is 4.22. The Hall–Kier alpha value is -2.50. The van der Waals surface area contributed by atoms with Gasteiger partial charge in [0.15, 0.2) is 0 Å². The van der Waals surface area contributed by atoms with E-state index in [9.17, 15) is 14.4 Å². The SMILES string of the molecule is CC(C)=O.Cc1cccc(C(=O)Cl)c1.NNC(=O)c1ccccc1. The normalized spacial score (nSPS) is 8.71. The van der Waals surface area contributed by atoms with Gasteiger partial charge in [-0.15, -0.1) is 0 Å². The van der Waals surface area contributed by atoms with Crippen LogP contribution in [0.2, 0.25) is 0 Å². The number of carbonyl (C=O) groups excluding carboxylic acids is 3. The molecule has 0 aliphatic carbocycles. The number of carbonyl (C=O) groups is 3. The third-order valence-electron chi connectivity index (χ3n) is 2.41. The molecule has 24 heavy (non-hydrogen) atoms. The second kappa shape index (κ2) is 12.0. The maximum atomic E-state index is 10.8. The van der Waals surface area contributed by atoms with Crippen molar-refractivity contribution in [1.82, 2.24) is 5.43 Å². The number of hydrogen-bond donors (Lipinski definition) is 2. The summed E-state index contributed by atoms with van der Waals surface area (Å²) >= 11 is 5.24. The molecule has 2 rings (SSSR count). The van der Waals surface area contributed by atoms with E-state index in [0.29, 0.717) is 11.1 Å². The van der Waals surface area contributed by atoms with E-state index in [2.05, 4.69) is 0 Å². The zero-order valence-electron chi connectivity index (χ0n) is 13.9. The number of aryl methyl sites for hydroxylation is 1. The predicted octanol–water partition coefficient (Wildman–Crippen LogP) is 3.26. The number of nitrogens with two attached hydrogens (primary N) is 1. The third-order valence-corrected chi connectivity index (χ3v) is 2.63. The molecule has 5 nitrogen and oxygen atoms in total. The summed E-state index contributed by atoms with van der Waals surface area (Å²) < 4.78 is 0. The van der Waals surface area contributed by atoms with Crippen molar-refractivity contribution in [2.24, 2.45) is 5.84 Å². The van der Waals surface area contributed by atoms with E-state index in [4.69, 9.17) is 17.4 Å². The number of nitrogens with one attached hydrogen (secondary N) is 1. The van der Waals surface area contributed by atoms with Gasteiger partial charge in [0.2, 0.25) is 0 Å². The predicted molar refractivity (Wildman–Crippen MR) is 95.8 cm³/mol. The molecule has 0 fully saturated rings. The maximum Gasteiger partial charge on any atom is 0.265 e. The van der Waals surface area contributed by atoms with Crippen LogP contribution in [0.25, 0.3) is 0 Å². The van der Waals surface area contributed by atoms with Crippen LogP contribution < -0.4 is 11.3 Å². The lowest BCUT2D eigenvalue weighted by Crippen LogP contribution is -2.29. The van der Waals surface area contributed by atoms with Gasteiger partial charge >= 0.3 is 0 Å². The standard InChI is InChI=1S/C8H7ClO.C7H8N2O.C3H6O/c1-6-3-2-4-7(5-6)8(9)10;8-9-7(10)6-4-2-1-3-5-6;1-3(2)4/h2-5H,1H3;1-5H,8H2,(H,9,10);1-2H3. The molecule has 6 heteroatoms. The van der Waals surface area contributed by atoms with E-state index in [1.54, 1.807) is 36.4 Å². The highest BCUT2D eigenvalue weighted by Gasteiger charge is 1.99. The molecule has 2 aromatic carbocycles. The summed E-state index contributed by atoms with van der Waals surface area (Å²) in [6.45, 7) is 4.98. The van der Waals surface area contributed by atoms with Crippen LogP contribution in [0, 0.1) is 6.92 Å². The molecule has 0 atom stereocenters. The van der Waals surface area contributed by atoms with Crippen molar-refractivity contribution in [1.29, 1.82) is 0 Å². The molecular weight excluding hydrogens is 328 g/mol. The van der Waals surface area contributed by atoms with Crippen LogP contribution in [0.4, 0.5) is 0 Å². The third kappa shape index (κ3) is 10.3. The molecular formula is C18H21ClN2O3. The van der Waals surface area contributed by atoms with Gasteiger partial charge < -0.3 is 4.79 Å². The summed E-state index contributed by atoms with van der Waals surface area (Å²) in [5.74, 6) is 4.81. The van der Waals surface area contributed by atoms with Crippen molar-refractivity contribution in [3.8, 4) is 0 Å². The van der Waals surface area contributed by atoms with Gasteiger partial charge in [0.05, 0.1) is 0 Å². The molecule has 0 bridgehead atoms. The summed E-state index contributed by atoms with van der Waals surface area (Å²) in [7, 11) is 0. The fourth-order valence-corrected chi connectivity index (χ4v) is 1.56. The van der Waals surface area contributed by atoms with E-state index < -0.39 is 5.24 Å². The Morgan fingerprint density at radius 1 is 0.917 bits per heavy atom. The number of Topliss-reactive ketones (excluding diaryl/α,β-unsaturated/α-hetero) is 1. The fraction of sp³-hybridized carbons (Fsp3) is 0.167. The van der Waals surface area contributed by atoms with Gasteiger partial charge in [-0.25, -0.2) is 5.84 Å². The van der Waals surface area contributed by atoms with E-state index in [1.165, 1.54) is 13.8 Å². The number of amides is 1. The number of hydrogen-bond acceptors (Lipinski definition) is 4. The summed E-state index contributed by atoms with van der Waals surface area (Å²) in [4.78, 5) is 30.8. The van der Waals surface area contributed by atoms with Crippen LogP contribution in [-0.4, -0.2) is 16.9 Å². The average Bonchev–Trinajstić information content (AvgIpc) is 2.55. The maximum absolute atomic E-state index is 10.8.